The van der Waals surface area contributed by atoms with Crippen molar-refractivity contribution in [1.29, 1.82) is 0 Å². The van der Waals surface area contributed by atoms with Crippen LogP contribution in [0, 0.1) is 5.92 Å². The van der Waals surface area contributed by atoms with E-state index < -0.39 is 6.10 Å². The van der Waals surface area contributed by atoms with Crippen molar-refractivity contribution in [3.8, 4) is 11.5 Å². The van der Waals surface area contributed by atoms with Crippen LogP contribution >= 0.6 is 23.2 Å². The van der Waals surface area contributed by atoms with Gasteiger partial charge in [-0.1, -0.05) is 23.2 Å². The summed E-state index contributed by atoms with van der Waals surface area (Å²) in [5.41, 5.74) is 1.07. The van der Waals surface area contributed by atoms with Gasteiger partial charge in [0.15, 0.2) is 6.10 Å². The molecule has 2 aromatic rings. The number of carbonyl (C=O) groups is 1. The summed E-state index contributed by atoms with van der Waals surface area (Å²) in [5.74, 6) is 2.09. The second kappa shape index (κ2) is 9.90. The zero-order valence-corrected chi connectivity index (χ0v) is 18.3. The molecule has 1 unspecified atom stereocenters. The number of hydrogen-bond acceptors (Lipinski definition) is 4. The Balaban J connectivity index is 1.09. The van der Waals surface area contributed by atoms with E-state index >= 15 is 0 Å². The lowest BCUT2D eigenvalue weighted by Crippen LogP contribution is -2.53. The third-order valence-electron chi connectivity index (χ3n) is 5.56. The van der Waals surface area contributed by atoms with Crippen LogP contribution in [0.5, 0.6) is 11.5 Å². The number of benzene rings is 2. The number of nitrogens with zero attached hydrogens (tertiary/aromatic N) is 1. The number of ether oxygens (including phenoxy) is 2. The number of fused-ring (bicyclic) bond motifs is 1. The number of rotatable bonds is 8. The lowest BCUT2D eigenvalue weighted by molar-refractivity contribution is -0.129. The fourth-order valence-electron chi connectivity index (χ4n) is 3.90. The highest BCUT2D eigenvalue weighted by molar-refractivity contribution is 6.30. The first kappa shape index (κ1) is 21.3. The SMILES string of the molecule is O=C(NCC1CN(CCCOc2ccc(Cl)cc2)C1)C1CCc2cc(Cl)ccc2O1. The zero-order chi connectivity index (χ0) is 20.9. The van der Waals surface area contributed by atoms with Crippen molar-refractivity contribution in [2.24, 2.45) is 5.92 Å². The van der Waals surface area contributed by atoms with Crippen molar-refractivity contribution in [2.75, 3.05) is 32.8 Å². The van der Waals surface area contributed by atoms with Crippen LogP contribution in [-0.2, 0) is 11.2 Å². The number of carbonyl (C=O) groups excluding carboxylic acids is 1. The largest absolute Gasteiger partial charge is 0.494 e. The molecule has 5 nitrogen and oxygen atoms in total. The quantitative estimate of drug-likeness (QED) is 0.614. The number of likely N-dealkylation sites (tertiary alicyclic amines) is 1. The predicted molar refractivity (Wildman–Crippen MR) is 119 cm³/mol. The minimum atomic E-state index is -0.417. The maximum absolute atomic E-state index is 12.5. The van der Waals surface area contributed by atoms with Crippen LogP contribution in [0.1, 0.15) is 18.4 Å². The minimum absolute atomic E-state index is 0.0228. The van der Waals surface area contributed by atoms with Gasteiger partial charge < -0.3 is 19.7 Å². The van der Waals surface area contributed by atoms with Crippen molar-refractivity contribution in [3.05, 3.63) is 58.1 Å². The molecule has 0 aliphatic carbocycles. The van der Waals surface area contributed by atoms with Crippen molar-refractivity contribution in [3.63, 3.8) is 0 Å². The van der Waals surface area contributed by atoms with Gasteiger partial charge in [0.25, 0.3) is 5.91 Å². The zero-order valence-electron chi connectivity index (χ0n) is 16.8. The summed E-state index contributed by atoms with van der Waals surface area (Å²) < 4.78 is 11.6. The van der Waals surface area contributed by atoms with Gasteiger partial charge in [-0.3, -0.25) is 4.79 Å². The molecule has 2 heterocycles. The van der Waals surface area contributed by atoms with Crippen molar-refractivity contribution in [2.45, 2.75) is 25.4 Å². The number of hydrogen-bond donors (Lipinski definition) is 1. The molecular weight excluding hydrogens is 423 g/mol. The minimum Gasteiger partial charge on any atom is -0.494 e. The van der Waals surface area contributed by atoms with Crippen LogP contribution in [-0.4, -0.2) is 49.7 Å². The predicted octanol–water partition coefficient (Wildman–Crippen LogP) is 4.20. The number of amides is 1. The molecule has 30 heavy (non-hydrogen) atoms. The number of aryl methyl sites for hydroxylation is 1. The van der Waals surface area contributed by atoms with Gasteiger partial charge in [0.05, 0.1) is 6.61 Å². The molecule has 0 aromatic heterocycles. The summed E-state index contributed by atoms with van der Waals surface area (Å²) >= 11 is 11.9. The highest BCUT2D eigenvalue weighted by Gasteiger charge is 2.29. The summed E-state index contributed by atoms with van der Waals surface area (Å²) in [6.45, 7) is 4.40. The summed E-state index contributed by atoms with van der Waals surface area (Å²) in [7, 11) is 0. The molecule has 0 spiro atoms. The van der Waals surface area contributed by atoms with E-state index in [1.807, 2.05) is 36.4 Å². The smallest absolute Gasteiger partial charge is 0.261 e. The first-order chi connectivity index (χ1) is 14.6. The Morgan fingerprint density at radius 1 is 1.13 bits per heavy atom. The summed E-state index contributed by atoms with van der Waals surface area (Å²) in [5, 5.41) is 4.47. The Kier molecular flexibility index (Phi) is 7.03. The van der Waals surface area contributed by atoms with E-state index in [4.69, 9.17) is 32.7 Å². The molecule has 1 saturated heterocycles. The first-order valence-corrected chi connectivity index (χ1v) is 11.2. The van der Waals surface area contributed by atoms with Crippen LogP contribution in [0.15, 0.2) is 42.5 Å². The molecule has 160 valence electrons. The Bertz CT molecular complexity index is 869. The second-order valence-electron chi connectivity index (χ2n) is 7.92. The Labute approximate surface area is 187 Å². The standard InChI is InChI=1S/C23H26Cl2N2O3/c24-18-3-6-20(7-4-18)29-11-1-10-27-14-16(15-27)13-26-23(28)22-8-2-17-12-19(25)5-9-21(17)30-22/h3-7,9,12,16,22H,1-2,8,10-11,13-15H2,(H,26,28). The maximum Gasteiger partial charge on any atom is 0.261 e. The Morgan fingerprint density at radius 3 is 2.70 bits per heavy atom. The fourth-order valence-corrected chi connectivity index (χ4v) is 4.22. The van der Waals surface area contributed by atoms with Crippen LogP contribution in [0.3, 0.4) is 0 Å². The van der Waals surface area contributed by atoms with E-state index in [0.29, 0.717) is 35.5 Å². The van der Waals surface area contributed by atoms with Crippen LogP contribution in [0.2, 0.25) is 10.0 Å². The Hall–Kier alpha value is -1.95. The average molecular weight is 449 g/mol. The van der Waals surface area contributed by atoms with Gasteiger partial charge in [0, 0.05) is 42.1 Å². The summed E-state index contributed by atoms with van der Waals surface area (Å²) in [6, 6.07) is 13.0. The van der Waals surface area contributed by atoms with Gasteiger partial charge in [-0.2, -0.15) is 0 Å². The topological polar surface area (TPSA) is 50.8 Å². The average Bonchev–Trinajstić information content (AvgIpc) is 2.72. The molecule has 2 aliphatic rings. The second-order valence-corrected chi connectivity index (χ2v) is 8.80. The lowest BCUT2D eigenvalue weighted by atomic mass is 9.99. The fraction of sp³-hybridized carbons (Fsp3) is 0.435. The molecule has 2 aliphatic heterocycles. The molecule has 1 fully saturated rings. The molecule has 1 amide bonds. The summed E-state index contributed by atoms with van der Waals surface area (Å²) in [4.78, 5) is 14.9. The Morgan fingerprint density at radius 2 is 1.90 bits per heavy atom. The van der Waals surface area contributed by atoms with Crippen molar-refractivity contribution in [1.82, 2.24) is 10.2 Å². The number of nitrogens with one attached hydrogen (secondary N) is 1. The number of halogens is 2. The highest BCUT2D eigenvalue weighted by Crippen LogP contribution is 2.30. The van der Waals surface area contributed by atoms with Gasteiger partial charge in [-0.05, 0) is 67.3 Å². The third kappa shape index (κ3) is 5.60. The van der Waals surface area contributed by atoms with Gasteiger partial charge in [-0.15, -0.1) is 0 Å². The normalized spacial score (nSPS) is 18.8. The van der Waals surface area contributed by atoms with E-state index in [-0.39, 0.29) is 5.91 Å². The molecular formula is C23H26Cl2N2O3. The lowest BCUT2D eigenvalue weighted by Gasteiger charge is -2.39. The molecule has 2 aromatic carbocycles. The van der Waals surface area contributed by atoms with Crippen LogP contribution in [0.4, 0.5) is 0 Å². The van der Waals surface area contributed by atoms with E-state index in [0.717, 1.165) is 49.5 Å². The third-order valence-corrected chi connectivity index (χ3v) is 6.05. The molecule has 0 radical (unpaired) electrons. The van der Waals surface area contributed by atoms with E-state index in [1.54, 1.807) is 6.07 Å². The molecule has 1 N–H and O–H groups in total. The van der Waals surface area contributed by atoms with Gasteiger partial charge in [0.2, 0.25) is 0 Å². The van der Waals surface area contributed by atoms with Gasteiger partial charge in [-0.25, -0.2) is 0 Å². The molecule has 1 atom stereocenters. The first-order valence-electron chi connectivity index (χ1n) is 10.4. The van der Waals surface area contributed by atoms with Gasteiger partial charge >= 0.3 is 0 Å². The van der Waals surface area contributed by atoms with Crippen LogP contribution < -0.4 is 14.8 Å². The maximum atomic E-state index is 12.5. The van der Waals surface area contributed by atoms with Crippen LogP contribution in [0.25, 0.3) is 0 Å². The molecule has 4 rings (SSSR count). The van der Waals surface area contributed by atoms with E-state index in [1.165, 1.54) is 0 Å². The highest BCUT2D eigenvalue weighted by atomic mass is 35.5. The van der Waals surface area contributed by atoms with Crippen molar-refractivity contribution < 1.29 is 14.3 Å². The molecule has 0 saturated carbocycles. The van der Waals surface area contributed by atoms with E-state index in [9.17, 15) is 4.79 Å². The molecule has 7 heteroatoms. The molecule has 0 bridgehead atoms. The summed E-state index contributed by atoms with van der Waals surface area (Å²) in [6.07, 6.45) is 2.05. The monoisotopic (exact) mass is 448 g/mol. The van der Waals surface area contributed by atoms with Gasteiger partial charge in [0.1, 0.15) is 11.5 Å². The van der Waals surface area contributed by atoms with E-state index in [2.05, 4.69) is 10.2 Å². The van der Waals surface area contributed by atoms with Crippen molar-refractivity contribution >= 4 is 29.1 Å².